The highest BCUT2D eigenvalue weighted by molar-refractivity contribution is 5.73. The summed E-state index contributed by atoms with van der Waals surface area (Å²) in [6.45, 7) is 2.61. The molecule has 0 aliphatic carbocycles. The van der Waals surface area contributed by atoms with E-state index in [1.807, 2.05) is 29.1 Å². The predicted octanol–water partition coefficient (Wildman–Crippen LogP) is 3.73. The van der Waals surface area contributed by atoms with Gasteiger partial charge in [-0.25, -0.2) is 9.48 Å². The third-order valence-corrected chi connectivity index (χ3v) is 4.59. The van der Waals surface area contributed by atoms with Crippen LogP contribution in [-0.2, 0) is 24.4 Å². The molecule has 1 aliphatic rings. The van der Waals surface area contributed by atoms with Gasteiger partial charge < -0.3 is 20.5 Å². The zero-order chi connectivity index (χ0) is 22.4. The third kappa shape index (κ3) is 5.54. The van der Waals surface area contributed by atoms with Crippen LogP contribution in [0.15, 0.2) is 54.9 Å². The monoisotopic (exact) mass is 434 g/mol. The molecule has 0 bridgehead atoms. The fourth-order valence-electron chi connectivity index (χ4n) is 3.14. The van der Waals surface area contributed by atoms with E-state index in [-0.39, 0.29) is 0 Å². The molecule has 7 nitrogen and oxygen atoms in total. The van der Waals surface area contributed by atoms with Crippen molar-refractivity contribution in [2.45, 2.75) is 25.8 Å². The zero-order valence-corrected chi connectivity index (χ0v) is 16.6. The molecular formula is C21H21F3N4O3. The zero-order valence-electron chi connectivity index (χ0n) is 16.6. The Morgan fingerprint density at radius 1 is 1.23 bits per heavy atom. The Morgan fingerprint density at radius 3 is 2.61 bits per heavy atom. The van der Waals surface area contributed by atoms with Crippen molar-refractivity contribution in [1.29, 1.82) is 0 Å². The molecule has 2 heterocycles. The molecule has 31 heavy (non-hydrogen) atoms. The number of methoxy groups -OCH3 is 1. The number of ether oxygens (including phenoxy) is 1. The Morgan fingerprint density at radius 2 is 1.97 bits per heavy atom. The van der Waals surface area contributed by atoms with Gasteiger partial charge in [0.2, 0.25) is 0 Å². The summed E-state index contributed by atoms with van der Waals surface area (Å²) in [6.07, 6.45) is -1.40. The number of rotatable bonds is 5. The van der Waals surface area contributed by atoms with E-state index in [0.717, 1.165) is 35.8 Å². The number of hydrogen-bond acceptors (Lipinski definition) is 5. The number of anilines is 1. The van der Waals surface area contributed by atoms with Gasteiger partial charge in [0.25, 0.3) is 0 Å². The van der Waals surface area contributed by atoms with Gasteiger partial charge in [-0.1, -0.05) is 18.2 Å². The number of carboxylic acid groups (broad SMARTS) is 1. The van der Waals surface area contributed by atoms with Crippen LogP contribution >= 0.6 is 0 Å². The van der Waals surface area contributed by atoms with Crippen molar-refractivity contribution in [3.8, 4) is 11.4 Å². The molecule has 164 valence electrons. The van der Waals surface area contributed by atoms with Gasteiger partial charge in [-0.05, 0) is 35.4 Å². The van der Waals surface area contributed by atoms with Gasteiger partial charge in [0.15, 0.2) is 0 Å². The number of benzene rings is 2. The molecule has 0 atom stereocenters. The minimum absolute atomic E-state index is 0.699. The van der Waals surface area contributed by atoms with Gasteiger partial charge in [0.1, 0.15) is 11.4 Å². The number of para-hydroxylation sites is 1. The topological polar surface area (TPSA) is 88.4 Å². The summed E-state index contributed by atoms with van der Waals surface area (Å²) in [5.74, 6) is -1.91. The van der Waals surface area contributed by atoms with Gasteiger partial charge in [0, 0.05) is 43.3 Å². The van der Waals surface area contributed by atoms with Crippen molar-refractivity contribution in [3.63, 3.8) is 0 Å². The number of nitrogens with one attached hydrogen (secondary N) is 2. The maximum Gasteiger partial charge on any atom is 0.490 e. The second kappa shape index (κ2) is 9.52. The quantitative estimate of drug-likeness (QED) is 0.567. The minimum Gasteiger partial charge on any atom is -0.494 e. The lowest BCUT2D eigenvalue weighted by atomic mass is 10.1. The normalized spacial score (nSPS) is 12.5. The van der Waals surface area contributed by atoms with Crippen LogP contribution < -0.4 is 15.4 Å². The van der Waals surface area contributed by atoms with Crippen molar-refractivity contribution >= 4 is 11.7 Å². The molecule has 0 saturated heterocycles. The van der Waals surface area contributed by atoms with E-state index in [9.17, 15) is 13.2 Å². The highest BCUT2D eigenvalue weighted by atomic mass is 19.4. The third-order valence-electron chi connectivity index (χ3n) is 4.59. The van der Waals surface area contributed by atoms with E-state index >= 15 is 0 Å². The molecule has 10 heteroatoms. The van der Waals surface area contributed by atoms with Crippen LogP contribution in [0.1, 0.15) is 16.7 Å². The lowest BCUT2D eigenvalue weighted by Crippen LogP contribution is -2.21. The van der Waals surface area contributed by atoms with Crippen LogP contribution in [0.3, 0.4) is 0 Å². The Kier molecular flexibility index (Phi) is 6.81. The molecule has 0 amide bonds. The van der Waals surface area contributed by atoms with Crippen LogP contribution in [-0.4, -0.2) is 34.1 Å². The second-order valence-electron chi connectivity index (χ2n) is 6.66. The maximum atomic E-state index is 10.6. The molecule has 0 spiro atoms. The molecule has 4 rings (SSSR count). The molecule has 1 aromatic heterocycles. The van der Waals surface area contributed by atoms with Crippen molar-refractivity contribution in [2.24, 2.45) is 0 Å². The number of nitrogens with zero attached hydrogens (tertiary/aromatic N) is 2. The smallest absolute Gasteiger partial charge is 0.490 e. The molecule has 0 radical (unpaired) electrons. The Labute approximate surface area is 176 Å². The summed E-state index contributed by atoms with van der Waals surface area (Å²) >= 11 is 0. The molecule has 0 unspecified atom stereocenters. The van der Waals surface area contributed by atoms with E-state index in [1.54, 1.807) is 13.3 Å². The summed E-state index contributed by atoms with van der Waals surface area (Å²) in [7, 11) is 1.70. The van der Waals surface area contributed by atoms with Crippen molar-refractivity contribution in [1.82, 2.24) is 15.1 Å². The number of carbonyl (C=O) groups is 1. The number of aromatic nitrogens is 2. The summed E-state index contributed by atoms with van der Waals surface area (Å²) in [4.78, 5) is 8.90. The van der Waals surface area contributed by atoms with Crippen LogP contribution in [0.25, 0.3) is 5.69 Å². The summed E-state index contributed by atoms with van der Waals surface area (Å²) in [6, 6.07) is 14.6. The van der Waals surface area contributed by atoms with E-state index in [2.05, 4.69) is 40.0 Å². The predicted molar refractivity (Wildman–Crippen MR) is 108 cm³/mol. The van der Waals surface area contributed by atoms with Crippen LogP contribution in [0.2, 0.25) is 0 Å². The lowest BCUT2D eigenvalue weighted by molar-refractivity contribution is -0.192. The first kappa shape index (κ1) is 22.2. The maximum absolute atomic E-state index is 10.6. The fraction of sp³-hybridized carbons (Fsp3) is 0.238. The number of halogens is 3. The summed E-state index contributed by atoms with van der Waals surface area (Å²) in [5.41, 5.74) is 5.93. The summed E-state index contributed by atoms with van der Waals surface area (Å²) in [5, 5.41) is 18.3. The first-order valence-corrected chi connectivity index (χ1v) is 9.32. The minimum atomic E-state index is -5.08. The van der Waals surface area contributed by atoms with Gasteiger partial charge >= 0.3 is 12.1 Å². The van der Waals surface area contributed by atoms with E-state index in [4.69, 9.17) is 14.6 Å². The van der Waals surface area contributed by atoms with Crippen LogP contribution in [0.5, 0.6) is 5.75 Å². The van der Waals surface area contributed by atoms with Gasteiger partial charge in [-0.15, -0.1) is 0 Å². The lowest BCUT2D eigenvalue weighted by Gasteiger charge is -2.15. The highest BCUT2D eigenvalue weighted by Gasteiger charge is 2.38. The number of aliphatic carboxylic acids is 1. The molecule has 3 N–H and O–H groups in total. The van der Waals surface area contributed by atoms with Crippen LogP contribution in [0, 0.1) is 0 Å². The fourth-order valence-corrected chi connectivity index (χ4v) is 3.14. The molecule has 2 aromatic carbocycles. The standard InChI is InChI=1S/C19H20N4O.C2HF3O2/c1-24-19-15(4-2-5-18(19)23-9-3-8-22-23)13-21-17-7-6-14-11-20-12-16(14)10-17;3-2(4,5)1(6)7/h2-10,20-21H,11-13H2,1H3;(H,6,7). The van der Waals surface area contributed by atoms with E-state index in [0.29, 0.717) is 6.54 Å². The van der Waals surface area contributed by atoms with Gasteiger partial charge in [-0.2, -0.15) is 18.3 Å². The average molecular weight is 434 g/mol. The largest absolute Gasteiger partial charge is 0.494 e. The number of carboxylic acids is 1. The Balaban J connectivity index is 0.000000339. The molecule has 1 aliphatic heterocycles. The first-order valence-electron chi connectivity index (χ1n) is 9.32. The number of hydrogen-bond donors (Lipinski definition) is 3. The van der Waals surface area contributed by atoms with Crippen LogP contribution in [0.4, 0.5) is 18.9 Å². The molecular weight excluding hydrogens is 413 g/mol. The van der Waals surface area contributed by atoms with E-state index < -0.39 is 12.1 Å². The average Bonchev–Trinajstić information content (AvgIpc) is 3.43. The SMILES string of the molecule is COc1c(CNc2ccc3c(c2)CNC3)cccc1-n1cccn1.O=C(O)C(F)(F)F. The van der Waals surface area contributed by atoms with Crippen molar-refractivity contribution < 1.29 is 27.8 Å². The number of fused-ring (bicyclic) bond motifs is 1. The summed E-state index contributed by atoms with van der Waals surface area (Å²) < 4.78 is 39.2. The van der Waals surface area contributed by atoms with Crippen molar-refractivity contribution in [2.75, 3.05) is 12.4 Å². The Bertz CT molecular complexity index is 1040. The van der Waals surface area contributed by atoms with Gasteiger partial charge in [0.05, 0.1) is 7.11 Å². The first-order chi connectivity index (χ1) is 14.8. The highest BCUT2D eigenvalue weighted by Crippen LogP contribution is 2.28. The molecule has 3 aromatic rings. The number of alkyl halides is 3. The molecule has 0 fully saturated rings. The van der Waals surface area contributed by atoms with E-state index in [1.165, 1.54) is 11.1 Å². The Hall–Kier alpha value is -3.53. The molecule has 0 saturated carbocycles. The second-order valence-corrected chi connectivity index (χ2v) is 6.66. The van der Waals surface area contributed by atoms with Gasteiger partial charge in [-0.3, -0.25) is 0 Å². The van der Waals surface area contributed by atoms with Crippen molar-refractivity contribution in [3.05, 3.63) is 71.5 Å².